The van der Waals surface area contributed by atoms with Gasteiger partial charge in [-0.05, 0) is 75.1 Å². The summed E-state index contributed by atoms with van der Waals surface area (Å²) in [6, 6.07) is 7.85. The topological polar surface area (TPSA) is 67.2 Å². The molecule has 1 unspecified atom stereocenters. The van der Waals surface area contributed by atoms with Crippen LogP contribution in [0.1, 0.15) is 71.7 Å². The molecule has 0 spiro atoms. The number of hydrogen-bond donors (Lipinski definition) is 2. The van der Waals surface area contributed by atoms with Crippen molar-refractivity contribution in [2.24, 2.45) is 11.7 Å². The van der Waals surface area contributed by atoms with Crippen LogP contribution in [0.5, 0.6) is 0 Å². The number of fused-ring (bicyclic) bond motifs is 1. The highest BCUT2D eigenvalue weighted by molar-refractivity contribution is 5.76. The summed E-state index contributed by atoms with van der Waals surface area (Å²) in [4.78, 5) is 11.0. The summed E-state index contributed by atoms with van der Waals surface area (Å²) >= 11 is 0. The third-order valence-electron chi connectivity index (χ3n) is 6.77. The standard InChI is InChI=1S/C25H42N4O/c1-17(2)29(16-21(30-6)11-12-26)20-13-18(14-20)7-10-24-27-22-9-8-19(25(3,4)5)15-23(22)28-24/h8-9,15,17-18,20-21H,7,10-14,16,26H2,1-6H3,(H,27,28). The van der Waals surface area contributed by atoms with Gasteiger partial charge in [0.15, 0.2) is 0 Å². The fourth-order valence-corrected chi connectivity index (χ4v) is 4.68. The predicted octanol–water partition coefficient (Wildman–Crippen LogP) is 4.65. The third-order valence-corrected chi connectivity index (χ3v) is 6.77. The Balaban J connectivity index is 1.52. The summed E-state index contributed by atoms with van der Waals surface area (Å²) < 4.78 is 5.65. The second-order valence-corrected chi connectivity index (χ2v) is 10.4. The molecule has 0 radical (unpaired) electrons. The van der Waals surface area contributed by atoms with Gasteiger partial charge in [0.2, 0.25) is 0 Å². The first-order valence-corrected chi connectivity index (χ1v) is 11.7. The van der Waals surface area contributed by atoms with Gasteiger partial charge in [0, 0.05) is 32.2 Å². The number of imidazole rings is 1. The number of aryl methyl sites for hydroxylation is 1. The lowest BCUT2D eigenvalue weighted by atomic mass is 9.76. The molecular weight excluding hydrogens is 372 g/mol. The highest BCUT2D eigenvalue weighted by Gasteiger charge is 2.35. The average molecular weight is 415 g/mol. The summed E-state index contributed by atoms with van der Waals surface area (Å²) in [5.74, 6) is 1.92. The van der Waals surface area contributed by atoms with Gasteiger partial charge in [-0.2, -0.15) is 0 Å². The van der Waals surface area contributed by atoms with Gasteiger partial charge in [-0.15, -0.1) is 0 Å². The molecular formula is C25H42N4O. The molecule has 1 aromatic carbocycles. The molecule has 5 heteroatoms. The number of aromatic amines is 1. The zero-order chi connectivity index (χ0) is 21.9. The second-order valence-electron chi connectivity index (χ2n) is 10.4. The van der Waals surface area contributed by atoms with Gasteiger partial charge in [-0.3, -0.25) is 4.90 Å². The quantitative estimate of drug-likeness (QED) is 0.594. The van der Waals surface area contributed by atoms with Gasteiger partial charge < -0.3 is 15.5 Å². The van der Waals surface area contributed by atoms with Crippen LogP contribution in [0.15, 0.2) is 18.2 Å². The fraction of sp³-hybridized carbons (Fsp3) is 0.720. The molecule has 0 aliphatic heterocycles. The van der Waals surface area contributed by atoms with Crippen LogP contribution in [0.25, 0.3) is 11.0 Å². The van der Waals surface area contributed by atoms with Crippen molar-refractivity contribution in [3.05, 3.63) is 29.6 Å². The Kier molecular flexibility index (Phi) is 7.59. The van der Waals surface area contributed by atoms with Crippen molar-refractivity contribution in [2.75, 3.05) is 20.2 Å². The van der Waals surface area contributed by atoms with E-state index in [9.17, 15) is 0 Å². The molecule has 1 aliphatic rings. The number of methoxy groups -OCH3 is 1. The maximum absolute atomic E-state index is 5.75. The minimum absolute atomic E-state index is 0.161. The highest BCUT2D eigenvalue weighted by Crippen LogP contribution is 2.36. The fourth-order valence-electron chi connectivity index (χ4n) is 4.68. The molecule has 5 nitrogen and oxygen atoms in total. The molecule has 0 amide bonds. The average Bonchev–Trinajstić information content (AvgIpc) is 3.06. The highest BCUT2D eigenvalue weighted by atomic mass is 16.5. The first kappa shape index (κ1) is 23.2. The molecule has 3 rings (SSSR count). The zero-order valence-corrected chi connectivity index (χ0v) is 19.9. The largest absolute Gasteiger partial charge is 0.380 e. The summed E-state index contributed by atoms with van der Waals surface area (Å²) in [5, 5.41) is 0. The Morgan fingerprint density at radius 1 is 1.27 bits per heavy atom. The van der Waals surface area contributed by atoms with E-state index < -0.39 is 0 Å². The Morgan fingerprint density at radius 2 is 2.00 bits per heavy atom. The van der Waals surface area contributed by atoms with Crippen molar-refractivity contribution >= 4 is 11.0 Å². The lowest BCUT2D eigenvalue weighted by Crippen LogP contribution is -2.51. The summed E-state index contributed by atoms with van der Waals surface area (Å²) in [6.45, 7) is 13.0. The zero-order valence-electron chi connectivity index (χ0n) is 19.9. The molecule has 30 heavy (non-hydrogen) atoms. The number of rotatable bonds is 10. The minimum atomic E-state index is 0.161. The van der Waals surface area contributed by atoms with Gasteiger partial charge in [-0.25, -0.2) is 4.98 Å². The van der Waals surface area contributed by atoms with E-state index in [1.807, 2.05) is 0 Å². The molecule has 1 aliphatic carbocycles. The van der Waals surface area contributed by atoms with Crippen LogP contribution < -0.4 is 5.73 Å². The van der Waals surface area contributed by atoms with Gasteiger partial charge >= 0.3 is 0 Å². The first-order valence-electron chi connectivity index (χ1n) is 11.7. The second kappa shape index (κ2) is 9.80. The number of nitrogens with two attached hydrogens (primary N) is 1. The third kappa shape index (κ3) is 5.63. The first-order chi connectivity index (χ1) is 14.2. The maximum Gasteiger partial charge on any atom is 0.107 e. The summed E-state index contributed by atoms with van der Waals surface area (Å²) in [5.41, 5.74) is 9.51. The van der Waals surface area contributed by atoms with Gasteiger partial charge in [0.1, 0.15) is 5.82 Å². The molecule has 168 valence electrons. The van der Waals surface area contributed by atoms with E-state index in [1.54, 1.807) is 7.11 Å². The number of benzene rings is 1. The molecule has 0 saturated heterocycles. The van der Waals surface area contributed by atoms with Crippen molar-refractivity contribution < 1.29 is 4.74 Å². The predicted molar refractivity (Wildman–Crippen MR) is 126 cm³/mol. The molecule has 3 N–H and O–H groups in total. The minimum Gasteiger partial charge on any atom is -0.380 e. The Hall–Kier alpha value is -1.43. The monoisotopic (exact) mass is 414 g/mol. The SMILES string of the molecule is COC(CCN)CN(C(C)C)C1CC(CCc2nc3ccc(C(C)(C)C)cc3[nH]2)C1. The van der Waals surface area contributed by atoms with Crippen LogP contribution in [0, 0.1) is 5.92 Å². The van der Waals surface area contributed by atoms with Gasteiger partial charge in [0.25, 0.3) is 0 Å². The van der Waals surface area contributed by atoms with Crippen molar-refractivity contribution in [1.82, 2.24) is 14.9 Å². The number of hydrogen-bond acceptors (Lipinski definition) is 4. The van der Waals surface area contributed by atoms with Crippen molar-refractivity contribution in [2.45, 2.75) is 90.3 Å². The Morgan fingerprint density at radius 3 is 2.60 bits per heavy atom. The lowest BCUT2D eigenvalue weighted by molar-refractivity contribution is -0.00599. The van der Waals surface area contributed by atoms with E-state index in [0.717, 1.165) is 36.6 Å². The van der Waals surface area contributed by atoms with E-state index >= 15 is 0 Å². The van der Waals surface area contributed by atoms with Crippen LogP contribution in [0.4, 0.5) is 0 Å². The maximum atomic E-state index is 5.75. The van der Waals surface area contributed by atoms with Crippen molar-refractivity contribution in [3.8, 4) is 0 Å². The molecule has 1 atom stereocenters. The van der Waals surface area contributed by atoms with E-state index in [0.29, 0.717) is 18.6 Å². The lowest BCUT2D eigenvalue weighted by Gasteiger charge is -2.46. The van der Waals surface area contributed by atoms with E-state index in [2.05, 4.69) is 62.7 Å². The Labute approximate surface area is 182 Å². The van der Waals surface area contributed by atoms with Crippen LogP contribution >= 0.6 is 0 Å². The number of nitrogens with zero attached hydrogens (tertiary/aromatic N) is 2. The Bertz CT molecular complexity index is 801. The van der Waals surface area contributed by atoms with Crippen molar-refractivity contribution in [1.29, 1.82) is 0 Å². The van der Waals surface area contributed by atoms with Crippen molar-refractivity contribution in [3.63, 3.8) is 0 Å². The van der Waals surface area contributed by atoms with E-state index in [-0.39, 0.29) is 11.5 Å². The number of nitrogens with one attached hydrogen (secondary N) is 1. The van der Waals surface area contributed by atoms with Crippen LogP contribution in [-0.4, -0.2) is 53.3 Å². The van der Waals surface area contributed by atoms with Gasteiger partial charge in [-0.1, -0.05) is 26.8 Å². The number of aromatic nitrogens is 2. The normalized spacial score (nSPS) is 20.8. The molecule has 1 fully saturated rings. The number of H-pyrrole nitrogens is 1. The number of ether oxygens (including phenoxy) is 1. The summed E-state index contributed by atoms with van der Waals surface area (Å²) in [6.07, 6.45) is 5.98. The van der Waals surface area contributed by atoms with Gasteiger partial charge in [0.05, 0.1) is 17.1 Å². The molecule has 1 aromatic heterocycles. The van der Waals surface area contributed by atoms with E-state index in [4.69, 9.17) is 15.5 Å². The molecule has 1 heterocycles. The van der Waals surface area contributed by atoms with Crippen LogP contribution in [0.3, 0.4) is 0 Å². The molecule has 1 saturated carbocycles. The summed E-state index contributed by atoms with van der Waals surface area (Å²) in [7, 11) is 1.81. The smallest absolute Gasteiger partial charge is 0.107 e. The van der Waals surface area contributed by atoms with Crippen LogP contribution in [-0.2, 0) is 16.6 Å². The molecule has 0 bridgehead atoms. The van der Waals surface area contributed by atoms with Crippen LogP contribution in [0.2, 0.25) is 0 Å². The molecule has 2 aromatic rings. The van der Waals surface area contributed by atoms with E-state index in [1.165, 1.54) is 30.3 Å².